The van der Waals surface area contributed by atoms with E-state index in [1.54, 1.807) is 6.92 Å². The Morgan fingerprint density at radius 1 is 1.53 bits per heavy atom. The third kappa shape index (κ3) is 4.43. The first-order chi connectivity index (χ1) is 8.82. The molecule has 0 aromatic carbocycles. The average Bonchev–Trinajstić information content (AvgIpc) is 2.83. The molecule has 9 heteroatoms. The summed E-state index contributed by atoms with van der Waals surface area (Å²) in [6, 6.07) is 0. The van der Waals surface area contributed by atoms with Crippen LogP contribution in [0.2, 0.25) is 0 Å². The van der Waals surface area contributed by atoms with E-state index in [4.69, 9.17) is 0 Å². The van der Waals surface area contributed by atoms with Gasteiger partial charge in [0.05, 0.1) is 17.0 Å². The topological polar surface area (TPSA) is 56.0 Å². The van der Waals surface area contributed by atoms with Crippen LogP contribution < -0.4 is 0 Å². The summed E-state index contributed by atoms with van der Waals surface area (Å²) in [5.74, 6) is -1.84. The van der Waals surface area contributed by atoms with E-state index >= 15 is 0 Å². The zero-order valence-electron chi connectivity index (χ0n) is 10.2. The number of halogens is 3. The summed E-state index contributed by atoms with van der Waals surface area (Å²) in [5.41, 5.74) is 0.404. The van der Waals surface area contributed by atoms with Crippen molar-refractivity contribution in [3.63, 3.8) is 0 Å². The van der Waals surface area contributed by atoms with Gasteiger partial charge >= 0.3 is 6.08 Å². The molecule has 0 aliphatic heterocycles. The smallest absolute Gasteiger partial charge is 0.301 e. The molecule has 1 aromatic heterocycles. The average molecular weight is 312 g/mol. The Morgan fingerprint density at radius 3 is 2.68 bits per heavy atom. The lowest BCUT2D eigenvalue weighted by molar-refractivity contribution is -0.422. The maximum atomic E-state index is 12.6. The second-order valence-electron chi connectivity index (χ2n) is 3.54. The van der Waals surface area contributed by atoms with Crippen molar-refractivity contribution in [2.45, 2.75) is 17.7 Å². The van der Waals surface area contributed by atoms with Gasteiger partial charge in [0, 0.05) is 19.1 Å². The Bertz CT molecular complexity index is 547. The van der Waals surface area contributed by atoms with Crippen molar-refractivity contribution < 1.29 is 22.1 Å². The summed E-state index contributed by atoms with van der Waals surface area (Å²) in [4.78, 5) is 4.38. The van der Waals surface area contributed by atoms with Gasteiger partial charge in [0.2, 0.25) is 5.71 Å². The molecule has 0 fully saturated rings. The summed E-state index contributed by atoms with van der Waals surface area (Å²) in [6.45, 7) is 1.58. The van der Waals surface area contributed by atoms with E-state index in [2.05, 4.69) is 4.98 Å². The molecule has 0 bridgehead atoms. The number of hydrogen-bond acceptors (Lipinski definition) is 4. The third-order valence-corrected chi connectivity index (χ3v) is 5.00. The van der Waals surface area contributed by atoms with Crippen LogP contribution in [-0.2, 0) is 10.8 Å². The molecule has 0 saturated carbocycles. The minimum Gasteiger partial charge on any atom is -0.624 e. The van der Waals surface area contributed by atoms with Gasteiger partial charge in [0.15, 0.2) is 10.2 Å². The van der Waals surface area contributed by atoms with Crippen LogP contribution in [0, 0.1) is 5.21 Å². The van der Waals surface area contributed by atoms with E-state index in [0.717, 1.165) is 11.3 Å². The number of aromatic nitrogens is 1. The highest BCUT2D eigenvalue weighted by Gasteiger charge is 2.15. The van der Waals surface area contributed by atoms with Crippen molar-refractivity contribution in [3.8, 4) is 0 Å². The van der Waals surface area contributed by atoms with E-state index < -0.39 is 29.1 Å². The number of nitrogens with zero attached hydrogens (tertiary/aromatic N) is 2. The number of thiazole rings is 1. The summed E-state index contributed by atoms with van der Waals surface area (Å²) in [5, 5.41) is 11.1. The lowest BCUT2D eigenvalue weighted by Crippen LogP contribution is -2.06. The molecule has 106 valence electrons. The largest absolute Gasteiger partial charge is 0.624 e. The van der Waals surface area contributed by atoms with Crippen molar-refractivity contribution in [2.24, 2.45) is 0 Å². The predicted molar refractivity (Wildman–Crippen MR) is 67.7 cm³/mol. The van der Waals surface area contributed by atoms with Crippen LogP contribution >= 0.6 is 11.3 Å². The molecular formula is C10H11F3N2O2S2. The number of hydrogen-bond donors (Lipinski definition) is 0. The number of hydroxylamine groups is 1. The Morgan fingerprint density at radius 2 is 2.16 bits per heavy atom. The van der Waals surface area contributed by atoms with E-state index in [1.807, 2.05) is 0 Å². The SMILES string of the molecule is C/C(c1cnc(S(=O)CCC(F)=C(F)F)s1)=[N+](\C)[O-]. The first-order valence-electron chi connectivity index (χ1n) is 5.11. The van der Waals surface area contributed by atoms with Gasteiger partial charge in [-0.3, -0.25) is 4.21 Å². The molecule has 1 unspecified atom stereocenters. The molecule has 0 amide bonds. The highest BCUT2D eigenvalue weighted by Crippen LogP contribution is 2.20. The molecule has 0 N–H and O–H groups in total. The van der Waals surface area contributed by atoms with Crippen molar-refractivity contribution >= 4 is 27.8 Å². The first kappa shape index (κ1) is 15.8. The normalized spacial score (nSPS) is 13.9. The van der Waals surface area contributed by atoms with Gasteiger partial charge in [-0.05, 0) is 0 Å². The predicted octanol–water partition coefficient (Wildman–Crippen LogP) is 2.67. The molecule has 0 spiro atoms. The fraction of sp³-hybridized carbons (Fsp3) is 0.400. The Balaban J connectivity index is 2.75. The Hall–Kier alpha value is -1.22. The maximum Gasteiger partial charge on any atom is 0.301 e. The lowest BCUT2D eigenvalue weighted by Gasteiger charge is -1.98. The van der Waals surface area contributed by atoms with Crippen molar-refractivity contribution in [1.82, 2.24) is 4.98 Å². The monoisotopic (exact) mass is 312 g/mol. The molecule has 1 rings (SSSR count). The van der Waals surface area contributed by atoms with Gasteiger partial charge < -0.3 is 5.21 Å². The summed E-state index contributed by atoms with van der Waals surface area (Å²) < 4.78 is 48.8. The second-order valence-corrected chi connectivity index (χ2v) is 6.31. The van der Waals surface area contributed by atoms with Crippen LogP contribution in [0.1, 0.15) is 18.2 Å². The van der Waals surface area contributed by atoms with Crippen molar-refractivity contribution in [2.75, 3.05) is 12.8 Å². The number of allylic oxidation sites excluding steroid dienone is 1. The Labute approximate surface area is 114 Å². The molecule has 0 radical (unpaired) electrons. The van der Waals surface area contributed by atoms with Crippen molar-refractivity contribution in [1.29, 1.82) is 0 Å². The quantitative estimate of drug-likeness (QED) is 0.363. The Kier molecular flexibility index (Phi) is 5.67. The fourth-order valence-electron chi connectivity index (χ4n) is 1.05. The minimum atomic E-state index is -2.39. The maximum absolute atomic E-state index is 12.6. The van der Waals surface area contributed by atoms with E-state index in [-0.39, 0.29) is 10.1 Å². The molecule has 0 aliphatic rings. The minimum absolute atomic E-state index is 0.184. The van der Waals surface area contributed by atoms with Gasteiger partial charge in [-0.2, -0.15) is 8.78 Å². The standard InChI is InChI=1S/C10H11F3N2O2S2/c1-6(15(2)16)8-5-14-10(18-8)19(17)4-3-7(11)9(12)13/h5H,3-4H2,1-2H3/b15-6-. The number of rotatable bonds is 5. The van der Waals surface area contributed by atoms with Crippen LogP contribution in [-0.4, -0.2) is 32.4 Å². The molecule has 1 heterocycles. The third-order valence-electron chi connectivity index (χ3n) is 2.22. The van der Waals surface area contributed by atoms with Crippen molar-refractivity contribution in [3.05, 3.63) is 28.2 Å². The summed E-state index contributed by atoms with van der Waals surface area (Å²) >= 11 is 1.02. The van der Waals surface area contributed by atoms with E-state index in [0.29, 0.717) is 15.3 Å². The molecule has 0 aliphatic carbocycles. The van der Waals surface area contributed by atoms with Gasteiger partial charge in [0.1, 0.15) is 11.9 Å². The van der Waals surface area contributed by atoms with Crippen LogP contribution in [0.15, 0.2) is 22.4 Å². The molecule has 0 saturated heterocycles. The van der Waals surface area contributed by atoms with Gasteiger partial charge in [-0.15, -0.1) is 0 Å². The highest BCUT2D eigenvalue weighted by atomic mass is 32.2. The fourth-order valence-corrected chi connectivity index (χ4v) is 3.33. The molecular weight excluding hydrogens is 301 g/mol. The summed E-state index contributed by atoms with van der Waals surface area (Å²) in [7, 11) is -0.348. The molecule has 1 atom stereocenters. The molecule has 19 heavy (non-hydrogen) atoms. The lowest BCUT2D eigenvalue weighted by atomic mass is 10.4. The highest BCUT2D eigenvalue weighted by molar-refractivity contribution is 7.87. The van der Waals surface area contributed by atoms with Crippen LogP contribution in [0.25, 0.3) is 0 Å². The van der Waals surface area contributed by atoms with Gasteiger partial charge in [-0.1, -0.05) is 11.3 Å². The first-order valence-corrected chi connectivity index (χ1v) is 7.25. The van der Waals surface area contributed by atoms with Crippen LogP contribution in [0.3, 0.4) is 0 Å². The van der Waals surface area contributed by atoms with Crippen LogP contribution in [0.5, 0.6) is 0 Å². The molecule has 4 nitrogen and oxygen atoms in total. The van der Waals surface area contributed by atoms with E-state index in [9.17, 15) is 22.6 Å². The molecule has 1 aromatic rings. The van der Waals surface area contributed by atoms with E-state index in [1.165, 1.54) is 13.2 Å². The van der Waals surface area contributed by atoms with Crippen LogP contribution in [0.4, 0.5) is 13.2 Å². The zero-order valence-corrected chi connectivity index (χ0v) is 11.8. The van der Waals surface area contributed by atoms with Gasteiger partial charge in [0.25, 0.3) is 0 Å². The summed E-state index contributed by atoms with van der Waals surface area (Å²) in [6.07, 6.45) is -1.62. The van der Waals surface area contributed by atoms with Gasteiger partial charge in [-0.25, -0.2) is 14.1 Å². The second kappa shape index (κ2) is 6.80. The zero-order chi connectivity index (χ0) is 14.6.